The smallest absolute Gasteiger partial charge is 0.434 e. The summed E-state index contributed by atoms with van der Waals surface area (Å²) in [6.07, 6.45) is -3.38. The normalized spacial score (nSPS) is 11.5. The Kier molecular flexibility index (Phi) is 5.32. The summed E-state index contributed by atoms with van der Waals surface area (Å²) in [6.45, 7) is 3.24. The number of aldehydes is 1. The topological polar surface area (TPSA) is 74.1 Å². The summed E-state index contributed by atoms with van der Waals surface area (Å²) in [7, 11) is 0. The van der Waals surface area contributed by atoms with Crippen molar-refractivity contribution in [2.45, 2.75) is 20.0 Å². The molecule has 3 heterocycles. The molecule has 3 aromatic rings. The average Bonchev–Trinajstić information content (AvgIpc) is 3.25. The van der Waals surface area contributed by atoms with E-state index in [4.69, 9.17) is 0 Å². The van der Waals surface area contributed by atoms with E-state index in [1.165, 1.54) is 30.4 Å². The Hall–Kier alpha value is -3.01. The fourth-order valence-electron chi connectivity index (χ4n) is 2.64. The zero-order valence-electron chi connectivity index (χ0n) is 14.8. The zero-order chi connectivity index (χ0) is 20.5. The van der Waals surface area contributed by atoms with Gasteiger partial charge in [-0.2, -0.15) is 18.3 Å². The van der Waals surface area contributed by atoms with Crippen LogP contribution in [-0.4, -0.2) is 33.6 Å². The fraction of sp³-hybridized carbons (Fsp3) is 0.222. The van der Waals surface area contributed by atoms with Gasteiger partial charge < -0.3 is 4.74 Å². The number of ether oxygens (including phenoxy) is 1. The van der Waals surface area contributed by atoms with E-state index in [0.29, 0.717) is 27.1 Å². The number of halogens is 3. The molecule has 10 heteroatoms. The number of carbonyl (C=O) groups is 2. The largest absolute Gasteiger partial charge is 0.462 e. The van der Waals surface area contributed by atoms with Crippen molar-refractivity contribution < 1.29 is 27.5 Å². The van der Waals surface area contributed by atoms with E-state index < -0.39 is 23.4 Å². The third-order valence-electron chi connectivity index (χ3n) is 3.73. The van der Waals surface area contributed by atoms with Crippen molar-refractivity contribution >= 4 is 23.6 Å². The van der Waals surface area contributed by atoms with Crippen LogP contribution in [0.15, 0.2) is 30.5 Å². The van der Waals surface area contributed by atoms with E-state index >= 15 is 0 Å². The van der Waals surface area contributed by atoms with Gasteiger partial charge in [-0.15, -0.1) is 11.3 Å². The summed E-state index contributed by atoms with van der Waals surface area (Å²) in [5.41, 5.74) is -1.23. The van der Waals surface area contributed by atoms with E-state index in [-0.39, 0.29) is 12.4 Å². The van der Waals surface area contributed by atoms with Crippen LogP contribution < -0.4 is 0 Å². The van der Waals surface area contributed by atoms with Crippen molar-refractivity contribution in [1.29, 1.82) is 0 Å². The van der Waals surface area contributed by atoms with Crippen LogP contribution in [0.4, 0.5) is 13.2 Å². The number of hydrogen-bond donors (Lipinski definition) is 0. The van der Waals surface area contributed by atoms with Gasteiger partial charge in [-0.05, 0) is 32.0 Å². The van der Waals surface area contributed by atoms with Crippen molar-refractivity contribution in [3.05, 3.63) is 52.2 Å². The maximum atomic E-state index is 13.6. The summed E-state index contributed by atoms with van der Waals surface area (Å²) < 4.78 is 46.1. The predicted octanol–water partition coefficient (Wildman–Crippen LogP) is 4.31. The molecule has 0 N–H and O–H groups in total. The minimum atomic E-state index is -4.86. The van der Waals surface area contributed by atoms with Crippen molar-refractivity contribution in [1.82, 2.24) is 14.8 Å². The molecule has 0 aliphatic heterocycles. The van der Waals surface area contributed by atoms with E-state index in [1.54, 1.807) is 12.1 Å². The van der Waals surface area contributed by atoms with Gasteiger partial charge in [0, 0.05) is 10.4 Å². The SMILES string of the molecule is CCOC(=O)c1cnn(-c2cccc(-c3sc(C)cc3C=O)n2)c1C(F)(F)F. The Morgan fingerprint density at radius 1 is 1.36 bits per heavy atom. The molecule has 28 heavy (non-hydrogen) atoms. The highest BCUT2D eigenvalue weighted by molar-refractivity contribution is 7.15. The first-order chi connectivity index (χ1) is 13.3. The summed E-state index contributed by atoms with van der Waals surface area (Å²) in [5.74, 6) is -1.25. The van der Waals surface area contributed by atoms with Crippen molar-refractivity contribution in [3.63, 3.8) is 0 Å². The molecule has 0 radical (unpaired) electrons. The van der Waals surface area contributed by atoms with Crippen molar-refractivity contribution in [2.24, 2.45) is 0 Å². The lowest BCUT2D eigenvalue weighted by Crippen LogP contribution is -2.19. The van der Waals surface area contributed by atoms with E-state index in [0.717, 1.165) is 11.1 Å². The molecule has 0 saturated heterocycles. The van der Waals surface area contributed by atoms with Crippen LogP contribution in [0.25, 0.3) is 16.4 Å². The number of hydrogen-bond acceptors (Lipinski definition) is 6. The van der Waals surface area contributed by atoms with Crippen LogP contribution in [0.1, 0.15) is 38.2 Å². The molecule has 0 atom stereocenters. The third-order valence-corrected chi connectivity index (χ3v) is 4.82. The minimum absolute atomic E-state index is 0.0682. The van der Waals surface area contributed by atoms with Gasteiger partial charge in [-0.25, -0.2) is 14.5 Å². The van der Waals surface area contributed by atoms with Gasteiger partial charge >= 0.3 is 12.1 Å². The predicted molar refractivity (Wildman–Crippen MR) is 95.8 cm³/mol. The number of aryl methyl sites for hydroxylation is 1. The van der Waals surface area contributed by atoms with Gasteiger partial charge in [0.15, 0.2) is 17.8 Å². The molecule has 0 saturated carbocycles. The first-order valence-electron chi connectivity index (χ1n) is 8.12. The molecule has 0 bridgehead atoms. The number of carbonyl (C=O) groups excluding carboxylic acids is 2. The lowest BCUT2D eigenvalue weighted by Gasteiger charge is -2.12. The van der Waals surface area contributed by atoms with Crippen LogP contribution in [0, 0.1) is 6.92 Å². The Bertz CT molecular complexity index is 1040. The Morgan fingerprint density at radius 3 is 2.75 bits per heavy atom. The molecule has 6 nitrogen and oxygen atoms in total. The van der Waals surface area contributed by atoms with E-state index in [9.17, 15) is 22.8 Å². The monoisotopic (exact) mass is 409 g/mol. The Morgan fingerprint density at radius 2 is 2.11 bits per heavy atom. The fourth-order valence-corrected chi connectivity index (χ4v) is 3.59. The number of alkyl halides is 3. The number of rotatable bonds is 5. The molecule has 0 amide bonds. The summed E-state index contributed by atoms with van der Waals surface area (Å²) in [4.78, 5) is 28.8. The van der Waals surface area contributed by atoms with E-state index in [2.05, 4.69) is 14.8 Å². The molecular formula is C18H14F3N3O3S. The Labute approximate surface area is 161 Å². The average molecular weight is 409 g/mol. The summed E-state index contributed by atoms with van der Waals surface area (Å²) >= 11 is 1.30. The van der Waals surface area contributed by atoms with Crippen molar-refractivity contribution in [3.8, 4) is 16.4 Å². The summed E-state index contributed by atoms with van der Waals surface area (Å²) in [5, 5.41) is 3.71. The molecule has 0 aliphatic rings. The molecule has 0 aliphatic carbocycles. The van der Waals surface area contributed by atoms with Gasteiger partial charge in [0.2, 0.25) is 0 Å². The number of pyridine rings is 1. The first-order valence-corrected chi connectivity index (χ1v) is 8.93. The molecule has 0 spiro atoms. The van der Waals surface area contributed by atoms with Crippen LogP contribution in [0.5, 0.6) is 0 Å². The lowest BCUT2D eigenvalue weighted by atomic mass is 10.2. The zero-order valence-corrected chi connectivity index (χ0v) is 15.6. The number of nitrogens with zero attached hydrogens (tertiary/aromatic N) is 3. The quantitative estimate of drug-likeness (QED) is 0.464. The number of aromatic nitrogens is 3. The van der Waals surface area contributed by atoms with Gasteiger partial charge in [-0.3, -0.25) is 4.79 Å². The molecule has 0 aromatic carbocycles. The highest BCUT2D eigenvalue weighted by Crippen LogP contribution is 2.35. The Balaban J connectivity index is 2.15. The third kappa shape index (κ3) is 3.68. The molecule has 0 fully saturated rings. The summed E-state index contributed by atoms with van der Waals surface area (Å²) in [6, 6.07) is 6.11. The maximum absolute atomic E-state index is 13.6. The minimum Gasteiger partial charge on any atom is -0.462 e. The molecular weight excluding hydrogens is 395 g/mol. The first kappa shape index (κ1) is 19.7. The second-order valence-corrected chi connectivity index (χ2v) is 6.93. The van der Waals surface area contributed by atoms with Gasteiger partial charge in [0.05, 0.1) is 23.4 Å². The second kappa shape index (κ2) is 7.55. The number of thiophene rings is 1. The van der Waals surface area contributed by atoms with Gasteiger partial charge in [0.25, 0.3) is 0 Å². The highest BCUT2D eigenvalue weighted by Gasteiger charge is 2.41. The molecule has 3 aromatic heterocycles. The van der Waals surface area contributed by atoms with Crippen LogP contribution in [-0.2, 0) is 10.9 Å². The van der Waals surface area contributed by atoms with Crippen LogP contribution in [0.3, 0.4) is 0 Å². The maximum Gasteiger partial charge on any atom is 0.434 e. The molecule has 0 unspecified atom stereocenters. The highest BCUT2D eigenvalue weighted by atomic mass is 32.1. The molecule has 3 rings (SSSR count). The van der Waals surface area contributed by atoms with Crippen molar-refractivity contribution in [2.75, 3.05) is 6.61 Å². The van der Waals surface area contributed by atoms with Crippen LogP contribution >= 0.6 is 11.3 Å². The van der Waals surface area contributed by atoms with Gasteiger partial charge in [0.1, 0.15) is 5.56 Å². The van der Waals surface area contributed by atoms with E-state index in [1.807, 2.05) is 6.92 Å². The second-order valence-electron chi connectivity index (χ2n) is 5.68. The number of esters is 1. The molecule has 146 valence electrons. The lowest BCUT2D eigenvalue weighted by molar-refractivity contribution is -0.143. The standard InChI is InChI=1S/C18H14F3N3O3S/c1-3-27-17(26)12-8-22-24(16(12)18(19,20)21)14-6-4-5-13(23-14)15-11(9-25)7-10(2)28-15/h4-9H,3H2,1-2H3. The van der Waals surface area contributed by atoms with Gasteiger partial charge in [-0.1, -0.05) is 6.07 Å². The van der Waals surface area contributed by atoms with Crippen LogP contribution in [0.2, 0.25) is 0 Å².